The number of fused-ring (bicyclic) bond motifs is 1. The lowest BCUT2D eigenvalue weighted by atomic mass is 10.2. The van der Waals surface area contributed by atoms with Crippen LogP contribution >= 0.6 is 0 Å². The third-order valence-corrected chi connectivity index (χ3v) is 4.44. The number of amides is 2. The monoisotopic (exact) mass is 387 g/mol. The van der Waals surface area contributed by atoms with Gasteiger partial charge in [-0.3, -0.25) is 0 Å². The van der Waals surface area contributed by atoms with Crippen molar-refractivity contribution in [3.63, 3.8) is 0 Å². The van der Waals surface area contributed by atoms with Crippen LogP contribution in [0.15, 0.2) is 71.3 Å². The molecule has 0 aliphatic heterocycles. The smallest absolute Gasteiger partial charge is 0.319 e. The van der Waals surface area contributed by atoms with E-state index in [-0.39, 0.29) is 6.03 Å². The summed E-state index contributed by atoms with van der Waals surface area (Å²) in [4.78, 5) is 21.3. The molecule has 2 heterocycles. The van der Waals surface area contributed by atoms with E-state index in [2.05, 4.69) is 25.9 Å². The molecule has 7 nitrogen and oxygen atoms in total. The number of rotatable bonds is 6. The molecule has 0 aliphatic rings. The molecule has 2 amide bonds. The summed E-state index contributed by atoms with van der Waals surface area (Å²) in [7, 11) is 0. The number of hydrogen-bond donors (Lipinski definition) is 3. The van der Waals surface area contributed by atoms with Crippen LogP contribution in [0.5, 0.6) is 0 Å². The van der Waals surface area contributed by atoms with Crippen LogP contribution in [0, 0.1) is 6.92 Å². The van der Waals surface area contributed by atoms with E-state index in [1.807, 2.05) is 61.5 Å². The Bertz CT molecular complexity index is 1130. The molecular formula is C22H21N5O2. The zero-order valence-electron chi connectivity index (χ0n) is 16.0. The number of hydrogen-bond acceptors (Lipinski definition) is 5. The molecule has 0 spiro atoms. The van der Waals surface area contributed by atoms with Crippen molar-refractivity contribution >= 4 is 28.4 Å². The Balaban J connectivity index is 1.40. The fourth-order valence-electron chi connectivity index (χ4n) is 2.96. The van der Waals surface area contributed by atoms with Gasteiger partial charge in [0.2, 0.25) is 0 Å². The molecule has 0 aliphatic carbocycles. The molecule has 0 radical (unpaired) electrons. The van der Waals surface area contributed by atoms with Gasteiger partial charge in [0, 0.05) is 24.2 Å². The fraction of sp³-hybridized carbons (Fsp3) is 0.136. The molecule has 0 saturated heterocycles. The highest BCUT2D eigenvalue weighted by molar-refractivity contribution is 5.91. The van der Waals surface area contributed by atoms with Gasteiger partial charge in [-0.15, -0.1) is 0 Å². The second-order valence-electron chi connectivity index (χ2n) is 6.51. The molecule has 7 heteroatoms. The molecule has 29 heavy (non-hydrogen) atoms. The van der Waals surface area contributed by atoms with Gasteiger partial charge in [0.1, 0.15) is 5.82 Å². The molecule has 3 N–H and O–H groups in total. The minimum absolute atomic E-state index is 0.245. The first-order chi connectivity index (χ1) is 14.2. The van der Waals surface area contributed by atoms with Crippen LogP contribution in [0.1, 0.15) is 5.56 Å². The molecule has 146 valence electrons. The summed E-state index contributed by atoms with van der Waals surface area (Å²) in [5.74, 6) is 1.82. The van der Waals surface area contributed by atoms with Crippen LogP contribution in [-0.2, 0) is 0 Å². The first-order valence-electron chi connectivity index (χ1n) is 9.36. The Kier molecular flexibility index (Phi) is 5.38. The third-order valence-electron chi connectivity index (χ3n) is 4.44. The number of nitrogens with zero attached hydrogens (tertiary/aromatic N) is 2. The lowest BCUT2D eigenvalue weighted by molar-refractivity contribution is 0.252. The highest BCUT2D eigenvalue weighted by Crippen LogP contribution is 2.24. The van der Waals surface area contributed by atoms with Crippen molar-refractivity contribution in [2.45, 2.75) is 6.92 Å². The fourth-order valence-corrected chi connectivity index (χ4v) is 2.96. The normalized spacial score (nSPS) is 10.7. The van der Waals surface area contributed by atoms with Gasteiger partial charge in [0.25, 0.3) is 0 Å². The molecule has 4 rings (SSSR count). The predicted molar refractivity (Wildman–Crippen MR) is 114 cm³/mol. The number of benzene rings is 2. The van der Waals surface area contributed by atoms with Crippen LogP contribution in [0.3, 0.4) is 0 Å². The second-order valence-corrected chi connectivity index (χ2v) is 6.51. The standard InChI is InChI=1S/C22H21N5O2/c1-15-7-2-4-9-17(15)26-22(28)24-13-12-23-20-16-8-3-5-10-18(16)25-21(27-20)19-11-6-14-29-19/h2-11,14H,12-13H2,1H3,(H,23,25,27)(H2,24,26,28). The van der Waals surface area contributed by atoms with Crippen molar-refractivity contribution in [2.24, 2.45) is 0 Å². The largest absolute Gasteiger partial charge is 0.461 e. The summed E-state index contributed by atoms with van der Waals surface area (Å²) < 4.78 is 5.43. The summed E-state index contributed by atoms with van der Waals surface area (Å²) in [5.41, 5.74) is 2.63. The van der Waals surface area contributed by atoms with Crippen molar-refractivity contribution in [3.8, 4) is 11.6 Å². The zero-order chi connectivity index (χ0) is 20.1. The first-order valence-corrected chi connectivity index (χ1v) is 9.36. The van der Waals surface area contributed by atoms with Crippen molar-refractivity contribution in [3.05, 3.63) is 72.5 Å². The van der Waals surface area contributed by atoms with Crippen molar-refractivity contribution in [1.82, 2.24) is 15.3 Å². The topological polar surface area (TPSA) is 92.1 Å². The third kappa shape index (κ3) is 4.35. The summed E-state index contributed by atoms with van der Waals surface area (Å²) in [6, 6.07) is 18.8. The van der Waals surface area contributed by atoms with Crippen LogP contribution in [-0.4, -0.2) is 29.1 Å². The zero-order valence-corrected chi connectivity index (χ0v) is 16.0. The van der Waals surface area contributed by atoms with Gasteiger partial charge in [-0.2, -0.15) is 0 Å². The lowest BCUT2D eigenvalue weighted by Crippen LogP contribution is -2.33. The van der Waals surface area contributed by atoms with Crippen LogP contribution in [0.25, 0.3) is 22.5 Å². The Morgan fingerprint density at radius 1 is 0.966 bits per heavy atom. The maximum absolute atomic E-state index is 12.1. The summed E-state index contributed by atoms with van der Waals surface area (Å²) in [5, 5.41) is 9.89. The quantitative estimate of drug-likeness (QED) is 0.426. The van der Waals surface area contributed by atoms with Gasteiger partial charge in [0.05, 0.1) is 11.8 Å². The number of nitrogens with one attached hydrogen (secondary N) is 3. The number of furan rings is 1. The Morgan fingerprint density at radius 2 is 1.79 bits per heavy atom. The number of anilines is 2. The molecule has 2 aromatic heterocycles. The number of aromatic nitrogens is 2. The van der Waals surface area contributed by atoms with Gasteiger partial charge in [-0.1, -0.05) is 30.3 Å². The van der Waals surface area contributed by atoms with E-state index in [0.717, 1.165) is 22.2 Å². The number of urea groups is 1. The van der Waals surface area contributed by atoms with E-state index >= 15 is 0 Å². The van der Waals surface area contributed by atoms with Gasteiger partial charge in [0.15, 0.2) is 11.6 Å². The number of carbonyl (C=O) groups excluding carboxylic acids is 1. The average molecular weight is 387 g/mol. The number of carbonyl (C=O) groups is 1. The minimum atomic E-state index is -0.245. The summed E-state index contributed by atoms with van der Waals surface area (Å²) in [6.45, 7) is 2.90. The lowest BCUT2D eigenvalue weighted by Gasteiger charge is -2.12. The van der Waals surface area contributed by atoms with Crippen LogP contribution < -0.4 is 16.0 Å². The average Bonchev–Trinajstić information content (AvgIpc) is 3.27. The predicted octanol–water partition coefficient (Wildman–Crippen LogP) is 4.43. The van der Waals surface area contributed by atoms with E-state index in [1.165, 1.54) is 0 Å². The molecule has 0 bridgehead atoms. The maximum atomic E-state index is 12.1. The van der Waals surface area contributed by atoms with Gasteiger partial charge in [-0.05, 0) is 42.8 Å². The second kappa shape index (κ2) is 8.43. The van der Waals surface area contributed by atoms with Crippen LogP contribution in [0.2, 0.25) is 0 Å². The van der Waals surface area contributed by atoms with Crippen LogP contribution in [0.4, 0.5) is 16.3 Å². The molecule has 0 atom stereocenters. The van der Waals surface area contributed by atoms with E-state index in [9.17, 15) is 4.79 Å². The number of para-hydroxylation sites is 2. The van der Waals surface area contributed by atoms with Gasteiger partial charge < -0.3 is 20.4 Å². The SMILES string of the molecule is Cc1ccccc1NC(=O)NCCNc1nc(-c2ccco2)nc2ccccc12. The summed E-state index contributed by atoms with van der Waals surface area (Å²) >= 11 is 0. The molecule has 4 aromatic rings. The minimum Gasteiger partial charge on any atom is -0.461 e. The molecular weight excluding hydrogens is 366 g/mol. The van der Waals surface area contributed by atoms with Gasteiger partial charge in [-0.25, -0.2) is 14.8 Å². The van der Waals surface area contributed by atoms with E-state index in [1.54, 1.807) is 12.3 Å². The molecule has 0 unspecified atom stereocenters. The number of aryl methyl sites for hydroxylation is 1. The van der Waals surface area contributed by atoms with Gasteiger partial charge >= 0.3 is 6.03 Å². The summed E-state index contributed by atoms with van der Waals surface area (Å²) in [6.07, 6.45) is 1.60. The van der Waals surface area contributed by atoms with Crippen molar-refractivity contribution in [2.75, 3.05) is 23.7 Å². The highest BCUT2D eigenvalue weighted by Gasteiger charge is 2.11. The Hall–Kier alpha value is -3.87. The highest BCUT2D eigenvalue weighted by atomic mass is 16.3. The van der Waals surface area contributed by atoms with E-state index in [4.69, 9.17) is 4.42 Å². The molecule has 2 aromatic carbocycles. The maximum Gasteiger partial charge on any atom is 0.319 e. The van der Waals surface area contributed by atoms with E-state index in [0.29, 0.717) is 30.5 Å². The Morgan fingerprint density at radius 3 is 2.62 bits per heavy atom. The Labute approximate surface area is 168 Å². The van der Waals surface area contributed by atoms with Crippen molar-refractivity contribution in [1.29, 1.82) is 0 Å². The van der Waals surface area contributed by atoms with Crippen molar-refractivity contribution < 1.29 is 9.21 Å². The first kappa shape index (κ1) is 18.5. The van der Waals surface area contributed by atoms with E-state index < -0.39 is 0 Å². The molecule has 0 fully saturated rings. The molecule has 0 saturated carbocycles.